The summed E-state index contributed by atoms with van der Waals surface area (Å²) in [6, 6.07) is 23.4. The lowest BCUT2D eigenvalue weighted by molar-refractivity contribution is 1.31. The maximum Gasteiger partial charge on any atom is 0.142 e. The van der Waals surface area contributed by atoms with Crippen LogP contribution < -0.4 is 5.73 Å². The fourth-order valence-electron chi connectivity index (χ4n) is 3.10. The maximum atomic E-state index is 9.58. The second kappa shape index (κ2) is 6.92. The van der Waals surface area contributed by atoms with E-state index < -0.39 is 0 Å². The van der Waals surface area contributed by atoms with Gasteiger partial charge in [-0.2, -0.15) is 5.26 Å². The number of anilines is 1. The van der Waals surface area contributed by atoms with E-state index in [9.17, 15) is 5.26 Å². The average Bonchev–Trinajstić information content (AvgIpc) is 2.69. The zero-order chi connectivity index (χ0) is 19.0. The van der Waals surface area contributed by atoms with Crippen LogP contribution in [-0.4, -0.2) is 4.98 Å². The number of nitrogens with zero attached hydrogens (tertiary/aromatic N) is 2. The van der Waals surface area contributed by atoms with Gasteiger partial charge in [0.05, 0.1) is 15.7 Å². The average molecular weight is 390 g/mol. The van der Waals surface area contributed by atoms with Crippen LogP contribution in [0.4, 0.5) is 5.82 Å². The van der Waals surface area contributed by atoms with Gasteiger partial charge in [-0.1, -0.05) is 71.7 Å². The smallest absolute Gasteiger partial charge is 0.142 e. The number of hydrogen-bond acceptors (Lipinski definition) is 3. The number of aromatic nitrogens is 1. The predicted molar refractivity (Wildman–Crippen MR) is 112 cm³/mol. The normalized spacial score (nSPS) is 10.7. The highest BCUT2D eigenvalue weighted by molar-refractivity contribution is 6.43. The first-order valence-corrected chi connectivity index (χ1v) is 8.98. The second-order valence-electron chi connectivity index (χ2n) is 6.09. The molecule has 0 saturated carbocycles. The molecular weight excluding hydrogens is 377 g/mol. The third kappa shape index (κ3) is 3.10. The molecule has 0 unspecified atom stereocenters. The summed E-state index contributed by atoms with van der Waals surface area (Å²) >= 11 is 12.5. The van der Waals surface area contributed by atoms with Crippen molar-refractivity contribution in [3.63, 3.8) is 0 Å². The molecular formula is C22H13Cl2N3. The highest BCUT2D eigenvalue weighted by Crippen LogP contribution is 2.38. The van der Waals surface area contributed by atoms with Gasteiger partial charge in [0.25, 0.3) is 0 Å². The van der Waals surface area contributed by atoms with E-state index in [1.165, 1.54) is 0 Å². The molecule has 1 aromatic heterocycles. The van der Waals surface area contributed by atoms with Gasteiger partial charge in [0.15, 0.2) is 0 Å². The summed E-state index contributed by atoms with van der Waals surface area (Å²) in [5.41, 5.74) is 9.22. The molecule has 0 saturated heterocycles. The maximum absolute atomic E-state index is 9.58. The molecule has 3 nitrogen and oxygen atoms in total. The molecule has 5 heteroatoms. The van der Waals surface area contributed by atoms with Crippen LogP contribution in [0.15, 0.2) is 66.7 Å². The van der Waals surface area contributed by atoms with E-state index in [2.05, 4.69) is 17.1 Å². The van der Waals surface area contributed by atoms with Crippen molar-refractivity contribution in [3.05, 3.63) is 82.3 Å². The summed E-state index contributed by atoms with van der Waals surface area (Å²) < 4.78 is 0. The number of nitriles is 1. The SMILES string of the molecule is N#Cc1c(-c2cccc(Cl)c2Cl)cc(-c2ccc3ccccc3c2)nc1N. The third-order valence-electron chi connectivity index (χ3n) is 4.45. The Hall–Kier alpha value is -3.06. The van der Waals surface area contributed by atoms with Crippen LogP contribution in [-0.2, 0) is 0 Å². The van der Waals surface area contributed by atoms with Crippen LogP contribution in [0.2, 0.25) is 10.0 Å². The number of nitrogen functional groups attached to an aromatic ring is 1. The van der Waals surface area contributed by atoms with Crippen LogP contribution in [0.25, 0.3) is 33.2 Å². The molecule has 1 heterocycles. The number of halogens is 2. The van der Waals surface area contributed by atoms with Crippen molar-refractivity contribution < 1.29 is 0 Å². The molecule has 0 radical (unpaired) electrons. The Morgan fingerprint density at radius 3 is 2.41 bits per heavy atom. The lowest BCUT2D eigenvalue weighted by Crippen LogP contribution is -2.00. The molecule has 0 bridgehead atoms. The molecule has 0 aliphatic carbocycles. The minimum Gasteiger partial charge on any atom is -0.383 e. The monoisotopic (exact) mass is 389 g/mol. The van der Waals surface area contributed by atoms with E-state index in [1.807, 2.05) is 48.5 Å². The van der Waals surface area contributed by atoms with Gasteiger partial charge in [-0.25, -0.2) is 4.98 Å². The lowest BCUT2D eigenvalue weighted by Gasteiger charge is -2.12. The van der Waals surface area contributed by atoms with Crippen LogP contribution in [0.3, 0.4) is 0 Å². The van der Waals surface area contributed by atoms with Crippen molar-refractivity contribution in [2.45, 2.75) is 0 Å². The molecule has 0 amide bonds. The first kappa shape index (κ1) is 17.4. The molecule has 0 aliphatic heterocycles. The van der Waals surface area contributed by atoms with Gasteiger partial charge in [0.1, 0.15) is 17.5 Å². The molecule has 2 N–H and O–H groups in total. The summed E-state index contributed by atoms with van der Waals surface area (Å²) in [6.07, 6.45) is 0. The van der Waals surface area contributed by atoms with Crippen molar-refractivity contribution in [3.8, 4) is 28.5 Å². The Bertz CT molecular complexity index is 1230. The van der Waals surface area contributed by atoms with Gasteiger partial charge >= 0.3 is 0 Å². The van der Waals surface area contributed by atoms with E-state index in [-0.39, 0.29) is 11.4 Å². The number of rotatable bonds is 2. The molecule has 4 aromatic rings. The fourth-order valence-corrected chi connectivity index (χ4v) is 3.51. The highest BCUT2D eigenvalue weighted by atomic mass is 35.5. The van der Waals surface area contributed by atoms with Gasteiger partial charge in [0, 0.05) is 16.7 Å². The van der Waals surface area contributed by atoms with Gasteiger partial charge in [-0.3, -0.25) is 0 Å². The molecule has 3 aromatic carbocycles. The van der Waals surface area contributed by atoms with Crippen LogP contribution >= 0.6 is 23.2 Å². The number of fused-ring (bicyclic) bond motifs is 1. The zero-order valence-electron chi connectivity index (χ0n) is 14.1. The molecule has 4 rings (SSSR count). The summed E-state index contributed by atoms with van der Waals surface area (Å²) in [4.78, 5) is 4.44. The Morgan fingerprint density at radius 2 is 1.63 bits per heavy atom. The number of hydrogen-bond donors (Lipinski definition) is 1. The Morgan fingerprint density at radius 1 is 0.852 bits per heavy atom. The second-order valence-corrected chi connectivity index (χ2v) is 6.88. The van der Waals surface area contributed by atoms with Crippen molar-refractivity contribution in [1.29, 1.82) is 5.26 Å². The van der Waals surface area contributed by atoms with Crippen LogP contribution in [0.5, 0.6) is 0 Å². The largest absolute Gasteiger partial charge is 0.383 e. The topological polar surface area (TPSA) is 62.7 Å². The van der Waals surface area contributed by atoms with Gasteiger partial charge in [-0.05, 0) is 29.0 Å². The summed E-state index contributed by atoms with van der Waals surface area (Å²) in [5, 5.41) is 12.6. The molecule has 130 valence electrons. The molecule has 0 atom stereocenters. The minimum atomic E-state index is 0.161. The van der Waals surface area contributed by atoms with Crippen molar-refractivity contribution in [2.24, 2.45) is 0 Å². The van der Waals surface area contributed by atoms with Crippen molar-refractivity contribution in [1.82, 2.24) is 4.98 Å². The van der Waals surface area contributed by atoms with Crippen molar-refractivity contribution >= 4 is 39.8 Å². The number of benzene rings is 3. The first-order chi connectivity index (χ1) is 13.1. The molecule has 0 spiro atoms. The summed E-state index contributed by atoms with van der Waals surface area (Å²) in [6.45, 7) is 0. The van der Waals surface area contributed by atoms with Gasteiger partial charge in [-0.15, -0.1) is 0 Å². The van der Waals surface area contributed by atoms with Crippen LogP contribution in [0, 0.1) is 11.3 Å². The predicted octanol–water partition coefficient (Wildman–Crippen LogP) is 6.33. The van der Waals surface area contributed by atoms with Crippen LogP contribution in [0.1, 0.15) is 5.56 Å². The van der Waals surface area contributed by atoms with Gasteiger partial charge in [0.2, 0.25) is 0 Å². The highest BCUT2D eigenvalue weighted by Gasteiger charge is 2.16. The van der Waals surface area contributed by atoms with E-state index in [0.717, 1.165) is 16.3 Å². The lowest BCUT2D eigenvalue weighted by atomic mass is 9.97. The van der Waals surface area contributed by atoms with E-state index >= 15 is 0 Å². The Labute approximate surface area is 166 Å². The van der Waals surface area contributed by atoms with Gasteiger partial charge < -0.3 is 5.73 Å². The fraction of sp³-hybridized carbons (Fsp3) is 0. The minimum absolute atomic E-state index is 0.161. The number of pyridine rings is 1. The Balaban J connectivity index is 1.96. The quantitative estimate of drug-likeness (QED) is 0.435. The zero-order valence-corrected chi connectivity index (χ0v) is 15.6. The van der Waals surface area contributed by atoms with E-state index in [4.69, 9.17) is 28.9 Å². The third-order valence-corrected chi connectivity index (χ3v) is 5.27. The summed E-state index contributed by atoms with van der Waals surface area (Å²) in [5.74, 6) is 0.161. The summed E-state index contributed by atoms with van der Waals surface area (Å²) in [7, 11) is 0. The first-order valence-electron chi connectivity index (χ1n) is 8.22. The standard InChI is InChI=1S/C22H13Cl2N3/c23-19-7-3-6-16(21(19)24)17-11-20(27-22(26)18(17)12-25)15-9-8-13-4-1-2-5-14(13)10-15/h1-11H,(H2,26,27). The Kier molecular flexibility index (Phi) is 4.45. The molecule has 0 aliphatic rings. The molecule has 27 heavy (non-hydrogen) atoms. The number of nitrogens with two attached hydrogens (primary N) is 1. The van der Waals surface area contributed by atoms with Crippen molar-refractivity contribution in [2.75, 3.05) is 5.73 Å². The molecule has 0 fully saturated rings. The van der Waals surface area contributed by atoms with E-state index in [0.29, 0.717) is 26.9 Å². The van der Waals surface area contributed by atoms with E-state index in [1.54, 1.807) is 12.1 Å².